The molecule has 0 amide bonds. The predicted molar refractivity (Wildman–Crippen MR) is 46.4 cm³/mol. The van der Waals surface area contributed by atoms with E-state index in [0.717, 1.165) is 6.04 Å². The molecular weight excluding hydrogens is 136 g/mol. The van der Waals surface area contributed by atoms with Gasteiger partial charge in [0.2, 0.25) is 0 Å². The van der Waals surface area contributed by atoms with Crippen molar-refractivity contribution in [2.24, 2.45) is 0 Å². The molecule has 1 saturated carbocycles. The molecule has 0 aromatic rings. The molecular formula is C9H17N2. The normalized spacial score (nSPS) is 30.3. The van der Waals surface area contributed by atoms with Gasteiger partial charge in [-0.15, -0.1) is 0 Å². The molecule has 1 aliphatic heterocycles. The zero-order valence-electron chi connectivity index (χ0n) is 7.29. The highest BCUT2D eigenvalue weighted by Crippen LogP contribution is 2.24. The second-order valence-electron chi connectivity index (χ2n) is 3.75. The Morgan fingerprint density at radius 2 is 1.73 bits per heavy atom. The van der Waals surface area contributed by atoms with Gasteiger partial charge in [-0.25, -0.2) is 0 Å². The van der Waals surface area contributed by atoms with Gasteiger partial charge in [-0.3, -0.25) is 4.90 Å². The van der Waals surface area contributed by atoms with Gasteiger partial charge in [-0.05, 0) is 26.3 Å². The van der Waals surface area contributed by atoms with Gasteiger partial charge >= 0.3 is 0 Å². The van der Waals surface area contributed by atoms with Crippen LogP contribution in [0.2, 0.25) is 0 Å². The first-order valence-corrected chi connectivity index (χ1v) is 4.60. The lowest BCUT2D eigenvalue weighted by Crippen LogP contribution is -2.51. The Bertz CT molecular complexity index is 124. The summed E-state index contributed by atoms with van der Waals surface area (Å²) in [7, 11) is 2.21. The Morgan fingerprint density at radius 3 is 2.18 bits per heavy atom. The molecule has 0 aromatic heterocycles. The van der Waals surface area contributed by atoms with Crippen LogP contribution >= 0.6 is 0 Å². The van der Waals surface area contributed by atoms with E-state index >= 15 is 0 Å². The standard InChI is InChI=1S/C9H17N2/c1-10-5-7-11(8-6-10)9-3-2-4-9/h2,9H,3-8H2,1H3. The van der Waals surface area contributed by atoms with Crippen molar-refractivity contribution in [1.29, 1.82) is 0 Å². The molecule has 0 bridgehead atoms. The summed E-state index contributed by atoms with van der Waals surface area (Å²) >= 11 is 0. The lowest BCUT2D eigenvalue weighted by molar-refractivity contribution is 0.0911. The Morgan fingerprint density at radius 1 is 1.09 bits per heavy atom. The predicted octanol–water partition coefficient (Wildman–Crippen LogP) is 0.600. The lowest BCUT2D eigenvalue weighted by Gasteiger charge is -2.41. The molecule has 1 saturated heterocycles. The zero-order valence-corrected chi connectivity index (χ0v) is 7.29. The number of nitrogens with zero attached hydrogens (tertiary/aromatic N) is 2. The highest BCUT2D eigenvalue weighted by atomic mass is 15.3. The second kappa shape index (κ2) is 3.11. The molecule has 0 unspecified atom stereocenters. The Kier molecular flexibility index (Phi) is 2.14. The van der Waals surface area contributed by atoms with Crippen molar-refractivity contribution in [3.63, 3.8) is 0 Å². The number of hydrogen-bond donors (Lipinski definition) is 0. The van der Waals surface area contributed by atoms with Crippen LogP contribution in [0.5, 0.6) is 0 Å². The molecule has 2 heteroatoms. The van der Waals surface area contributed by atoms with Crippen molar-refractivity contribution in [3.05, 3.63) is 6.42 Å². The fraction of sp³-hybridized carbons (Fsp3) is 0.889. The van der Waals surface area contributed by atoms with E-state index in [1.54, 1.807) is 0 Å². The number of piperazine rings is 1. The van der Waals surface area contributed by atoms with Gasteiger partial charge in [0.25, 0.3) is 0 Å². The van der Waals surface area contributed by atoms with Gasteiger partial charge in [-0.2, -0.15) is 0 Å². The average molecular weight is 153 g/mol. The summed E-state index contributed by atoms with van der Waals surface area (Å²) < 4.78 is 0. The van der Waals surface area contributed by atoms with Crippen molar-refractivity contribution in [1.82, 2.24) is 9.80 Å². The maximum atomic E-state index is 2.64. The van der Waals surface area contributed by atoms with Gasteiger partial charge in [-0.1, -0.05) is 0 Å². The van der Waals surface area contributed by atoms with E-state index in [9.17, 15) is 0 Å². The first kappa shape index (κ1) is 7.56. The van der Waals surface area contributed by atoms with Crippen LogP contribution in [0.3, 0.4) is 0 Å². The molecule has 2 nitrogen and oxygen atoms in total. The molecule has 2 fully saturated rings. The van der Waals surface area contributed by atoms with E-state index in [0.29, 0.717) is 0 Å². The largest absolute Gasteiger partial charge is 0.304 e. The summed E-state index contributed by atoms with van der Waals surface area (Å²) in [4.78, 5) is 5.05. The van der Waals surface area contributed by atoms with E-state index in [2.05, 4.69) is 23.3 Å². The topological polar surface area (TPSA) is 6.48 Å². The maximum Gasteiger partial charge on any atom is 0.0113 e. The minimum absolute atomic E-state index is 0.906. The van der Waals surface area contributed by atoms with Gasteiger partial charge in [0.15, 0.2) is 0 Å². The zero-order chi connectivity index (χ0) is 7.68. The van der Waals surface area contributed by atoms with E-state index in [1.807, 2.05) is 0 Å². The van der Waals surface area contributed by atoms with Gasteiger partial charge < -0.3 is 4.90 Å². The summed E-state index contributed by atoms with van der Waals surface area (Å²) in [6, 6.07) is 0.906. The molecule has 0 aromatic carbocycles. The SMILES string of the molecule is CN1CCN(C2C[CH]C2)CC1. The summed E-state index contributed by atoms with van der Waals surface area (Å²) in [5.41, 5.74) is 0. The van der Waals surface area contributed by atoms with Crippen LogP contribution in [-0.4, -0.2) is 49.1 Å². The molecule has 0 spiro atoms. The van der Waals surface area contributed by atoms with Crippen molar-refractivity contribution in [3.8, 4) is 0 Å². The van der Waals surface area contributed by atoms with Crippen LogP contribution in [0.15, 0.2) is 0 Å². The quantitative estimate of drug-likeness (QED) is 0.544. The molecule has 63 valence electrons. The molecule has 0 atom stereocenters. The van der Waals surface area contributed by atoms with Crippen LogP contribution in [0.1, 0.15) is 12.8 Å². The first-order chi connectivity index (χ1) is 5.36. The fourth-order valence-corrected chi connectivity index (χ4v) is 1.80. The van der Waals surface area contributed by atoms with Gasteiger partial charge in [0.05, 0.1) is 0 Å². The summed E-state index contributed by atoms with van der Waals surface area (Å²) in [5.74, 6) is 0. The number of hydrogen-bond acceptors (Lipinski definition) is 2. The van der Waals surface area contributed by atoms with E-state index in [1.165, 1.54) is 39.0 Å². The van der Waals surface area contributed by atoms with Crippen molar-refractivity contribution >= 4 is 0 Å². The smallest absolute Gasteiger partial charge is 0.0113 e. The van der Waals surface area contributed by atoms with Gasteiger partial charge in [0, 0.05) is 32.2 Å². The van der Waals surface area contributed by atoms with E-state index in [4.69, 9.17) is 0 Å². The molecule has 2 rings (SSSR count). The second-order valence-corrected chi connectivity index (χ2v) is 3.75. The number of rotatable bonds is 1. The third kappa shape index (κ3) is 1.57. The van der Waals surface area contributed by atoms with Crippen LogP contribution in [0.4, 0.5) is 0 Å². The van der Waals surface area contributed by atoms with Crippen molar-refractivity contribution in [2.45, 2.75) is 18.9 Å². The van der Waals surface area contributed by atoms with Crippen LogP contribution in [0, 0.1) is 6.42 Å². The summed E-state index contributed by atoms with van der Waals surface area (Å²) in [6.07, 6.45) is 5.07. The lowest BCUT2D eigenvalue weighted by atomic mass is 9.91. The van der Waals surface area contributed by atoms with E-state index < -0.39 is 0 Å². The van der Waals surface area contributed by atoms with Crippen LogP contribution in [-0.2, 0) is 0 Å². The first-order valence-electron chi connectivity index (χ1n) is 4.60. The van der Waals surface area contributed by atoms with Gasteiger partial charge in [0.1, 0.15) is 0 Å². The monoisotopic (exact) mass is 153 g/mol. The minimum atomic E-state index is 0.906. The Hall–Kier alpha value is -0.0800. The molecule has 11 heavy (non-hydrogen) atoms. The summed E-state index contributed by atoms with van der Waals surface area (Å²) in [5, 5.41) is 0. The fourth-order valence-electron chi connectivity index (χ4n) is 1.80. The molecule has 2 aliphatic rings. The molecule has 0 N–H and O–H groups in total. The van der Waals surface area contributed by atoms with Crippen LogP contribution < -0.4 is 0 Å². The Balaban J connectivity index is 1.77. The van der Waals surface area contributed by atoms with Crippen molar-refractivity contribution in [2.75, 3.05) is 33.2 Å². The van der Waals surface area contributed by atoms with E-state index in [-0.39, 0.29) is 0 Å². The maximum absolute atomic E-state index is 2.64. The van der Waals surface area contributed by atoms with Crippen molar-refractivity contribution < 1.29 is 0 Å². The summed E-state index contributed by atoms with van der Waals surface area (Å²) in [6.45, 7) is 5.09. The third-order valence-corrected chi connectivity index (χ3v) is 2.93. The van der Waals surface area contributed by atoms with Crippen LogP contribution in [0.25, 0.3) is 0 Å². The third-order valence-electron chi connectivity index (χ3n) is 2.93. The minimum Gasteiger partial charge on any atom is -0.304 e. The highest BCUT2D eigenvalue weighted by molar-refractivity contribution is 4.93. The number of likely N-dealkylation sites (N-methyl/N-ethyl adjacent to an activating group) is 1. The average Bonchev–Trinajstić information content (AvgIpc) is 1.90. The highest BCUT2D eigenvalue weighted by Gasteiger charge is 2.26. The molecule has 1 aliphatic carbocycles. The molecule has 1 heterocycles. The molecule has 1 radical (unpaired) electrons. The Labute approximate surface area is 69.2 Å².